The summed E-state index contributed by atoms with van der Waals surface area (Å²) < 4.78 is 13.3. The van der Waals surface area contributed by atoms with E-state index in [4.69, 9.17) is 0 Å². The summed E-state index contributed by atoms with van der Waals surface area (Å²) in [6.07, 6.45) is 0.683. The van der Waals surface area contributed by atoms with Crippen LogP contribution in [0.2, 0.25) is 0 Å². The maximum atomic E-state index is 14.0. The minimum absolute atomic E-state index is 0.0145. The van der Waals surface area contributed by atoms with Gasteiger partial charge in [-0.15, -0.1) is 11.8 Å². The van der Waals surface area contributed by atoms with E-state index < -0.39 is 4.75 Å². The molecular formula is C26H28FN3OS. The van der Waals surface area contributed by atoms with Crippen molar-refractivity contribution < 1.29 is 9.18 Å². The van der Waals surface area contributed by atoms with Crippen LogP contribution in [-0.4, -0.2) is 49.3 Å². The summed E-state index contributed by atoms with van der Waals surface area (Å²) >= 11 is 1.62. The van der Waals surface area contributed by atoms with Gasteiger partial charge in [-0.3, -0.25) is 9.69 Å². The number of benzene rings is 3. The van der Waals surface area contributed by atoms with E-state index in [0.29, 0.717) is 6.42 Å². The van der Waals surface area contributed by atoms with Crippen LogP contribution < -0.4 is 10.2 Å². The highest BCUT2D eigenvalue weighted by Gasteiger charge is 2.47. The van der Waals surface area contributed by atoms with Gasteiger partial charge >= 0.3 is 0 Å². The van der Waals surface area contributed by atoms with E-state index in [0.717, 1.165) is 49.7 Å². The number of halogens is 1. The van der Waals surface area contributed by atoms with Gasteiger partial charge in [-0.1, -0.05) is 43.3 Å². The average molecular weight is 450 g/mol. The molecule has 1 fully saturated rings. The van der Waals surface area contributed by atoms with Gasteiger partial charge in [0, 0.05) is 55.0 Å². The van der Waals surface area contributed by atoms with E-state index in [-0.39, 0.29) is 11.7 Å². The Morgan fingerprint density at radius 3 is 2.62 bits per heavy atom. The highest BCUT2D eigenvalue weighted by Crippen LogP contribution is 2.48. The molecule has 4 nitrogen and oxygen atoms in total. The third-order valence-corrected chi connectivity index (χ3v) is 8.07. The Balaban J connectivity index is 1.28. The van der Waals surface area contributed by atoms with E-state index in [9.17, 15) is 9.18 Å². The third kappa shape index (κ3) is 3.76. The Kier molecular flexibility index (Phi) is 5.82. The molecule has 32 heavy (non-hydrogen) atoms. The molecule has 3 aromatic rings. The first-order valence-corrected chi connectivity index (χ1v) is 12.3. The zero-order valence-electron chi connectivity index (χ0n) is 18.3. The van der Waals surface area contributed by atoms with Crippen molar-refractivity contribution in [1.29, 1.82) is 0 Å². The van der Waals surface area contributed by atoms with E-state index in [1.165, 1.54) is 28.6 Å². The first kappa shape index (κ1) is 21.3. The van der Waals surface area contributed by atoms with E-state index in [1.54, 1.807) is 17.8 Å². The Morgan fingerprint density at radius 1 is 1.03 bits per heavy atom. The van der Waals surface area contributed by atoms with Crippen LogP contribution in [-0.2, 0) is 9.54 Å². The molecule has 6 heteroatoms. The number of nitrogens with zero attached hydrogens (tertiary/aromatic N) is 2. The number of hydrogen-bond acceptors (Lipinski definition) is 4. The van der Waals surface area contributed by atoms with Gasteiger partial charge in [0.1, 0.15) is 10.6 Å². The molecule has 1 atom stereocenters. The second-order valence-corrected chi connectivity index (χ2v) is 10.0. The van der Waals surface area contributed by atoms with Gasteiger partial charge in [-0.2, -0.15) is 0 Å². The lowest BCUT2D eigenvalue weighted by Gasteiger charge is -2.38. The van der Waals surface area contributed by atoms with Gasteiger partial charge in [0.15, 0.2) is 0 Å². The van der Waals surface area contributed by atoms with Crippen molar-refractivity contribution in [3.63, 3.8) is 0 Å². The van der Waals surface area contributed by atoms with Crippen LogP contribution in [0, 0.1) is 5.82 Å². The molecule has 0 bridgehead atoms. The lowest BCUT2D eigenvalue weighted by Crippen LogP contribution is -2.48. The molecule has 3 aromatic carbocycles. The standard InChI is InChI=1S/C26H28FN3OS/c1-2-32-26(22-18-20(27)10-11-23(22)28-25(26)31)12-13-29-14-16-30(17-15-29)24-9-5-7-19-6-3-4-8-21(19)24/h3-11,18H,2,12-17H2,1H3,(H,28,31). The van der Waals surface area contributed by atoms with Gasteiger partial charge < -0.3 is 10.2 Å². The first-order chi connectivity index (χ1) is 15.6. The fourth-order valence-electron chi connectivity index (χ4n) is 5.03. The van der Waals surface area contributed by atoms with Crippen LogP contribution in [0.4, 0.5) is 15.8 Å². The van der Waals surface area contributed by atoms with Gasteiger partial charge in [0.25, 0.3) is 0 Å². The number of thioether (sulfide) groups is 1. The van der Waals surface area contributed by atoms with Crippen LogP contribution in [0.1, 0.15) is 18.9 Å². The van der Waals surface area contributed by atoms with Crippen LogP contribution in [0.15, 0.2) is 60.7 Å². The molecule has 0 radical (unpaired) electrons. The molecule has 1 unspecified atom stereocenters. The Labute approximate surface area is 192 Å². The lowest BCUT2D eigenvalue weighted by molar-refractivity contribution is -0.118. The topological polar surface area (TPSA) is 35.6 Å². The number of rotatable bonds is 6. The Morgan fingerprint density at radius 2 is 1.81 bits per heavy atom. The normalized spacial score (nSPS) is 21.1. The van der Waals surface area contributed by atoms with Crippen LogP contribution in [0.25, 0.3) is 10.8 Å². The van der Waals surface area contributed by atoms with Crippen molar-refractivity contribution in [2.75, 3.05) is 48.7 Å². The zero-order valence-corrected chi connectivity index (χ0v) is 19.1. The minimum Gasteiger partial charge on any atom is -0.368 e. The Bertz CT molecular complexity index is 1140. The fourth-order valence-corrected chi connectivity index (χ4v) is 6.26. The predicted molar refractivity (Wildman–Crippen MR) is 132 cm³/mol. The van der Waals surface area contributed by atoms with Crippen LogP contribution in [0.5, 0.6) is 0 Å². The molecule has 2 aliphatic rings. The number of carbonyl (C=O) groups excluding carboxylic acids is 1. The summed E-state index contributed by atoms with van der Waals surface area (Å²) in [6.45, 7) is 6.69. The second-order valence-electron chi connectivity index (χ2n) is 8.48. The summed E-state index contributed by atoms with van der Waals surface area (Å²) in [4.78, 5) is 17.9. The first-order valence-electron chi connectivity index (χ1n) is 11.3. The quantitative estimate of drug-likeness (QED) is 0.569. The number of anilines is 2. The highest BCUT2D eigenvalue weighted by molar-refractivity contribution is 8.01. The summed E-state index contributed by atoms with van der Waals surface area (Å²) in [5.74, 6) is 0.502. The number of hydrogen-bond donors (Lipinski definition) is 1. The summed E-state index contributed by atoms with van der Waals surface area (Å²) in [6, 6.07) is 19.7. The van der Waals surface area contributed by atoms with Gasteiger partial charge in [-0.25, -0.2) is 4.39 Å². The number of piperazine rings is 1. The van der Waals surface area contributed by atoms with Gasteiger partial charge in [-0.05, 0) is 41.8 Å². The number of carbonyl (C=O) groups is 1. The van der Waals surface area contributed by atoms with Crippen molar-refractivity contribution in [3.8, 4) is 0 Å². The van der Waals surface area contributed by atoms with Gasteiger partial charge in [0.05, 0.1) is 0 Å². The molecule has 0 spiro atoms. The predicted octanol–water partition coefficient (Wildman–Crippen LogP) is 5.09. The molecule has 0 aliphatic carbocycles. The molecule has 1 N–H and O–H groups in total. The minimum atomic E-state index is -0.709. The van der Waals surface area contributed by atoms with E-state index >= 15 is 0 Å². The third-order valence-electron chi connectivity index (χ3n) is 6.68. The molecule has 0 aromatic heterocycles. The van der Waals surface area contributed by atoms with E-state index in [2.05, 4.69) is 64.5 Å². The maximum Gasteiger partial charge on any atom is 0.245 e. The SMILES string of the molecule is CCSC1(CCN2CCN(c3cccc4ccccc34)CC2)C(=O)Nc2ccc(F)cc21. The number of nitrogens with one attached hydrogen (secondary N) is 1. The number of fused-ring (bicyclic) bond motifs is 2. The lowest BCUT2D eigenvalue weighted by atomic mass is 9.95. The molecule has 0 saturated carbocycles. The van der Waals surface area contributed by atoms with E-state index in [1.807, 2.05) is 0 Å². The van der Waals surface area contributed by atoms with Crippen LogP contribution >= 0.6 is 11.8 Å². The van der Waals surface area contributed by atoms with Crippen molar-refractivity contribution in [2.24, 2.45) is 0 Å². The molecule has 166 valence electrons. The fraction of sp³-hybridized carbons (Fsp3) is 0.346. The van der Waals surface area contributed by atoms with Crippen molar-refractivity contribution >= 4 is 39.8 Å². The zero-order chi connectivity index (χ0) is 22.1. The Hall–Kier alpha value is -2.57. The average Bonchev–Trinajstić information content (AvgIpc) is 3.09. The molecule has 5 rings (SSSR count). The summed E-state index contributed by atoms with van der Waals surface area (Å²) in [5, 5.41) is 5.54. The molecule has 2 heterocycles. The second kappa shape index (κ2) is 8.75. The van der Waals surface area contributed by atoms with Crippen LogP contribution in [0.3, 0.4) is 0 Å². The molecule has 1 saturated heterocycles. The summed E-state index contributed by atoms with van der Waals surface area (Å²) in [5.41, 5.74) is 2.84. The number of amides is 1. The van der Waals surface area contributed by atoms with Crippen molar-refractivity contribution in [3.05, 3.63) is 72.0 Å². The smallest absolute Gasteiger partial charge is 0.245 e. The van der Waals surface area contributed by atoms with Gasteiger partial charge in [0.2, 0.25) is 5.91 Å². The maximum absolute atomic E-state index is 14.0. The molecule has 1 amide bonds. The largest absolute Gasteiger partial charge is 0.368 e. The highest BCUT2D eigenvalue weighted by atomic mass is 32.2. The van der Waals surface area contributed by atoms with Crippen molar-refractivity contribution in [1.82, 2.24) is 4.90 Å². The molecular weight excluding hydrogens is 421 g/mol. The summed E-state index contributed by atoms with van der Waals surface area (Å²) in [7, 11) is 0. The molecule has 2 aliphatic heterocycles. The van der Waals surface area contributed by atoms with Crippen molar-refractivity contribution in [2.45, 2.75) is 18.1 Å². The monoisotopic (exact) mass is 449 g/mol.